The van der Waals surface area contributed by atoms with E-state index in [2.05, 4.69) is 10.2 Å². The lowest BCUT2D eigenvalue weighted by molar-refractivity contribution is 0.240. The summed E-state index contributed by atoms with van der Waals surface area (Å²) in [5.41, 5.74) is 0.806. The van der Waals surface area contributed by atoms with Gasteiger partial charge < -0.3 is 10.2 Å². The van der Waals surface area contributed by atoms with Gasteiger partial charge in [0, 0.05) is 19.6 Å². The lowest BCUT2D eigenvalue weighted by atomic mass is 9.78. The third-order valence-corrected chi connectivity index (χ3v) is 5.74. The van der Waals surface area contributed by atoms with Crippen molar-refractivity contribution >= 4 is 15.7 Å². The third kappa shape index (κ3) is 2.80. The summed E-state index contributed by atoms with van der Waals surface area (Å²) < 4.78 is 23.8. The number of hydrogen-bond acceptors (Lipinski definition) is 4. The summed E-state index contributed by atoms with van der Waals surface area (Å²) in [6.45, 7) is 2.62. The van der Waals surface area contributed by atoms with Gasteiger partial charge >= 0.3 is 0 Å². The summed E-state index contributed by atoms with van der Waals surface area (Å²) >= 11 is 0. The molecule has 0 radical (unpaired) electrons. The minimum atomic E-state index is -3.70. The third-order valence-electron chi connectivity index (χ3n) is 4.79. The van der Waals surface area contributed by atoms with Crippen LogP contribution in [0.15, 0.2) is 29.2 Å². The van der Waals surface area contributed by atoms with Gasteiger partial charge in [0.2, 0.25) is 10.0 Å². The van der Waals surface area contributed by atoms with E-state index in [0.29, 0.717) is 0 Å². The van der Waals surface area contributed by atoms with Crippen LogP contribution >= 0.6 is 0 Å². The maximum absolute atomic E-state index is 11.9. The first kappa shape index (κ1) is 14.8. The Balaban J connectivity index is 2.05. The van der Waals surface area contributed by atoms with Crippen LogP contribution < -0.4 is 15.4 Å². The molecule has 1 heterocycles. The van der Waals surface area contributed by atoms with Crippen molar-refractivity contribution in [2.45, 2.75) is 42.5 Å². The molecule has 0 amide bonds. The zero-order valence-corrected chi connectivity index (χ0v) is 13.0. The Labute approximate surface area is 126 Å². The molecule has 3 rings (SSSR count). The number of benzene rings is 1. The average Bonchev–Trinajstić information content (AvgIpc) is 2.48. The molecule has 0 atom stereocenters. The van der Waals surface area contributed by atoms with E-state index in [1.54, 1.807) is 12.1 Å². The molecule has 1 aliphatic heterocycles. The Morgan fingerprint density at radius 2 is 1.86 bits per heavy atom. The predicted molar refractivity (Wildman–Crippen MR) is 83.8 cm³/mol. The highest BCUT2D eigenvalue weighted by Crippen LogP contribution is 2.39. The zero-order valence-electron chi connectivity index (χ0n) is 12.2. The molecule has 0 bridgehead atoms. The molecule has 1 saturated carbocycles. The molecule has 3 N–H and O–H groups in total. The Kier molecular flexibility index (Phi) is 3.94. The molecular formula is C15H23N3O2S. The van der Waals surface area contributed by atoms with E-state index in [0.717, 1.165) is 38.2 Å². The first-order valence-corrected chi connectivity index (χ1v) is 9.18. The van der Waals surface area contributed by atoms with Gasteiger partial charge in [-0.1, -0.05) is 31.4 Å². The molecule has 21 heavy (non-hydrogen) atoms. The van der Waals surface area contributed by atoms with Crippen molar-refractivity contribution in [2.24, 2.45) is 5.14 Å². The van der Waals surface area contributed by atoms with Gasteiger partial charge in [0.25, 0.3) is 0 Å². The Morgan fingerprint density at radius 1 is 1.14 bits per heavy atom. The van der Waals surface area contributed by atoms with Crippen LogP contribution in [0.1, 0.15) is 32.1 Å². The monoisotopic (exact) mass is 309 g/mol. The number of para-hydroxylation sites is 1. The summed E-state index contributed by atoms with van der Waals surface area (Å²) in [6.07, 6.45) is 5.90. The molecule has 1 aromatic carbocycles. The summed E-state index contributed by atoms with van der Waals surface area (Å²) in [6, 6.07) is 7.13. The molecule has 2 aliphatic rings. The van der Waals surface area contributed by atoms with Gasteiger partial charge in [-0.3, -0.25) is 0 Å². The number of piperazine rings is 1. The first-order chi connectivity index (χ1) is 10.0. The average molecular weight is 309 g/mol. The smallest absolute Gasteiger partial charge is 0.240 e. The molecule has 6 heteroatoms. The van der Waals surface area contributed by atoms with E-state index in [4.69, 9.17) is 5.14 Å². The number of hydrogen-bond donors (Lipinski definition) is 2. The summed E-state index contributed by atoms with van der Waals surface area (Å²) in [7, 11) is -3.70. The SMILES string of the molecule is NS(=O)(=O)c1ccccc1N1CCNCC12CCCCC2. The molecule has 2 fully saturated rings. The highest BCUT2D eigenvalue weighted by Gasteiger charge is 2.41. The number of anilines is 1. The van der Waals surface area contributed by atoms with Gasteiger partial charge in [0.1, 0.15) is 4.90 Å². The van der Waals surface area contributed by atoms with Crippen molar-refractivity contribution in [1.82, 2.24) is 5.32 Å². The quantitative estimate of drug-likeness (QED) is 0.867. The molecule has 1 aromatic rings. The normalized spacial score (nSPS) is 22.4. The predicted octanol–water partition coefficient (Wildman–Crippen LogP) is 1.45. The van der Waals surface area contributed by atoms with Crippen molar-refractivity contribution in [3.05, 3.63) is 24.3 Å². The van der Waals surface area contributed by atoms with E-state index in [1.807, 2.05) is 12.1 Å². The zero-order chi connectivity index (χ0) is 14.9. The fourth-order valence-corrected chi connectivity index (χ4v) is 4.54. The number of rotatable bonds is 2. The Morgan fingerprint density at radius 3 is 2.57 bits per heavy atom. The Bertz CT molecular complexity index is 601. The lowest BCUT2D eigenvalue weighted by Crippen LogP contribution is -2.62. The number of nitrogens with one attached hydrogen (secondary N) is 1. The number of sulfonamides is 1. The first-order valence-electron chi connectivity index (χ1n) is 7.63. The van der Waals surface area contributed by atoms with Crippen LogP contribution in [-0.4, -0.2) is 33.6 Å². The minimum absolute atomic E-state index is 0.0390. The van der Waals surface area contributed by atoms with E-state index in [-0.39, 0.29) is 10.4 Å². The molecule has 0 aromatic heterocycles. The van der Waals surface area contributed by atoms with Gasteiger partial charge in [0.15, 0.2) is 0 Å². The molecule has 5 nitrogen and oxygen atoms in total. The largest absolute Gasteiger partial charge is 0.362 e. The van der Waals surface area contributed by atoms with Crippen molar-refractivity contribution < 1.29 is 8.42 Å². The van der Waals surface area contributed by atoms with Crippen LogP contribution in [0.25, 0.3) is 0 Å². The van der Waals surface area contributed by atoms with Crippen molar-refractivity contribution in [3.63, 3.8) is 0 Å². The highest BCUT2D eigenvalue weighted by atomic mass is 32.2. The van der Waals surface area contributed by atoms with Crippen molar-refractivity contribution in [3.8, 4) is 0 Å². The van der Waals surface area contributed by atoms with Crippen LogP contribution in [-0.2, 0) is 10.0 Å². The maximum atomic E-state index is 11.9. The van der Waals surface area contributed by atoms with Crippen LogP contribution in [0.4, 0.5) is 5.69 Å². The second-order valence-electron chi connectivity index (χ2n) is 6.13. The van der Waals surface area contributed by atoms with Gasteiger partial charge in [-0.15, -0.1) is 0 Å². The highest BCUT2D eigenvalue weighted by molar-refractivity contribution is 7.89. The van der Waals surface area contributed by atoms with E-state index in [9.17, 15) is 8.42 Å². The number of nitrogens with zero attached hydrogens (tertiary/aromatic N) is 1. The maximum Gasteiger partial charge on any atom is 0.240 e. The Hall–Kier alpha value is -1.11. The van der Waals surface area contributed by atoms with Crippen LogP contribution in [0.2, 0.25) is 0 Å². The summed E-state index contributed by atoms with van der Waals surface area (Å²) in [4.78, 5) is 2.54. The number of primary sulfonamides is 1. The molecule has 1 spiro atoms. The molecule has 116 valence electrons. The van der Waals surface area contributed by atoms with E-state index in [1.165, 1.54) is 19.3 Å². The number of nitrogens with two attached hydrogens (primary N) is 1. The second-order valence-corrected chi connectivity index (χ2v) is 7.66. The van der Waals surface area contributed by atoms with Gasteiger partial charge in [-0.2, -0.15) is 0 Å². The molecule has 1 aliphatic carbocycles. The van der Waals surface area contributed by atoms with Gasteiger partial charge in [0.05, 0.1) is 11.2 Å². The second kappa shape index (κ2) is 5.59. The van der Waals surface area contributed by atoms with Crippen molar-refractivity contribution in [2.75, 3.05) is 24.5 Å². The summed E-state index contributed by atoms with van der Waals surface area (Å²) in [5, 5.41) is 8.89. The van der Waals surface area contributed by atoms with E-state index < -0.39 is 10.0 Å². The summed E-state index contributed by atoms with van der Waals surface area (Å²) in [5.74, 6) is 0. The van der Waals surface area contributed by atoms with Crippen LogP contribution in [0.5, 0.6) is 0 Å². The van der Waals surface area contributed by atoms with Crippen LogP contribution in [0, 0.1) is 0 Å². The topological polar surface area (TPSA) is 75.4 Å². The molecule has 1 saturated heterocycles. The molecule has 0 unspecified atom stereocenters. The van der Waals surface area contributed by atoms with E-state index >= 15 is 0 Å². The van der Waals surface area contributed by atoms with Gasteiger partial charge in [-0.25, -0.2) is 13.6 Å². The van der Waals surface area contributed by atoms with Crippen LogP contribution in [0.3, 0.4) is 0 Å². The standard InChI is InChI=1S/C15H23N3O2S/c16-21(19,20)14-7-3-2-6-13(14)18-11-10-17-12-15(18)8-4-1-5-9-15/h2-3,6-7,17H,1,4-5,8-12H2,(H2,16,19,20). The molecular weight excluding hydrogens is 286 g/mol. The fraction of sp³-hybridized carbons (Fsp3) is 0.600. The van der Waals surface area contributed by atoms with Crippen molar-refractivity contribution in [1.29, 1.82) is 0 Å². The van der Waals surface area contributed by atoms with Gasteiger partial charge in [-0.05, 0) is 25.0 Å². The minimum Gasteiger partial charge on any atom is -0.362 e. The lowest BCUT2D eigenvalue weighted by Gasteiger charge is -2.51. The fourth-order valence-electron chi connectivity index (χ4n) is 3.80.